The molecule has 0 radical (unpaired) electrons. The Bertz CT molecular complexity index is 554. The van der Waals surface area contributed by atoms with Crippen LogP contribution in [0, 0.1) is 5.41 Å². The molecule has 6 nitrogen and oxygen atoms in total. The van der Waals surface area contributed by atoms with Gasteiger partial charge in [0.15, 0.2) is 5.82 Å². The highest BCUT2D eigenvalue weighted by Gasteiger charge is 2.14. The van der Waals surface area contributed by atoms with Crippen molar-refractivity contribution in [1.29, 1.82) is 5.41 Å². The first-order valence-electron chi connectivity index (χ1n) is 6.02. The lowest BCUT2D eigenvalue weighted by Gasteiger charge is -2.23. The van der Waals surface area contributed by atoms with Gasteiger partial charge in [-0.05, 0) is 30.7 Å². The molecule has 0 unspecified atom stereocenters. The second-order valence-corrected chi connectivity index (χ2v) is 4.05. The predicted molar refractivity (Wildman–Crippen MR) is 74.0 cm³/mol. The zero-order valence-corrected chi connectivity index (χ0v) is 10.7. The largest absolute Gasteiger partial charge is 0.384 e. The van der Waals surface area contributed by atoms with Crippen LogP contribution in [0.1, 0.15) is 18.1 Å². The van der Waals surface area contributed by atoms with Crippen molar-refractivity contribution in [1.82, 2.24) is 15.2 Å². The van der Waals surface area contributed by atoms with Crippen LogP contribution in [-0.4, -0.2) is 27.6 Å². The van der Waals surface area contributed by atoms with E-state index in [4.69, 9.17) is 11.1 Å². The van der Waals surface area contributed by atoms with Crippen LogP contribution in [0.4, 0.5) is 5.82 Å². The van der Waals surface area contributed by atoms with Crippen LogP contribution >= 0.6 is 0 Å². The van der Waals surface area contributed by atoms with Gasteiger partial charge in [-0.1, -0.05) is 0 Å². The minimum atomic E-state index is -0.00178. The first-order valence-corrected chi connectivity index (χ1v) is 6.02. The van der Waals surface area contributed by atoms with Crippen molar-refractivity contribution in [2.75, 3.05) is 11.4 Å². The fourth-order valence-electron chi connectivity index (χ4n) is 1.81. The number of anilines is 1. The van der Waals surface area contributed by atoms with Gasteiger partial charge < -0.3 is 10.6 Å². The molecule has 0 amide bonds. The van der Waals surface area contributed by atoms with Crippen LogP contribution in [0.25, 0.3) is 0 Å². The summed E-state index contributed by atoms with van der Waals surface area (Å²) in [5, 5.41) is 15.6. The number of nitrogen functional groups attached to an aromatic ring is 1. The number of hydrogen-bond donors (Lipinski definition) is 2. The van der Waals surface area contributed by atoms with Crippen LogP contribution in [0.3, 0.4) is 0 Å². The summed E-state index contributed by atoms with van der Waals surface area (Å²) in [4.78, 5) is 6.02. The standard InChI is InChI=1S/C13H16N6/c1-2-19(9-10-3-6-16-7-4-10)13-11(12(14)15)5-8-17-18-13/h3-8H,2,9H2,1H3,(H3,14,15). The maximum atomic E-state index is 7.60. The Kier molecular flexibility index (Phi) is 4.02. The lowest BCUT2D eigenvalue weighted by atomic mass is 10.2. The second kappa shape index (κ2) is 5.90. The second-order valence-electron chi connectivity index (χ2n) is 4.05. The summed E-state index contributed by atoms with van der Waals surface area (Å²) in [6.07, 6.45) is 5.05. The van der Waals surface area contributed by atoms with Crippen molar-refractivity contribution in [2.45, 2.75) is 13.5 Å². The molecule has 0 spiro atoms. The van der Waals surface area contributed by atoms with E-state index in [1.807, 2.05) is 24.0 Å². The van der Waals surface area contributed by atoms with Crippen molar-refractivity contribution in [3.05, 3.63) is 47.9 Å². The molecule has 0 atom stereocenters. The lowest BCUT2D eigenvalue weighted by Crippen LogP contribution is -2.27. The Hall–Kier alpha value is -2.50. The Labute approximate surface area is 111 Å². The van der Waals surface area contributed by atoms with E-state index in [2.05, 4.69) is 15.2 Å². The quantitative estimate of drug-likeness (QED) is 0.619. The molecule has 19 heavy (non-hydrogen) atoms. The van der Waals surface area contributed by atoms with Gasteiger partial charge in [-0.15, -0.1) is 5.10 Å². The van der Waals surface area contributed by atoms with E-state index in [-0.39, 0.29) is 5.84 Å². The first-order chi connectivity index (χ1) is 9.22. The van der Waals surface area contributed by atoms with Crippen LogP contribution in [0.5, 0.6) is 0 Å². The molecule has 6 heteroatoms. The van der Waals surface area contributed by atoms with Gasteiger partial charge >= 0.3 is 0 Å². The highest BCUT2D eigenvalue weighted by Crippen LogP contribution is 2.17. The molecule has 2 rings (SSSR count). The molecule has 0 aliphatic heterocycles. The zero-order valence-electron chi connectivity index (χ0n) is 10.7. The summed E-state index contributed by atoms with van der Waals surface area (Å²) in [6.45, 7) is 3.46. The molecule has 3 N–H and O–H groups in total. The number of pyridine rings is 1. The number of rotatable bonds is 5. The highest BCUT2D eigenvalue weighted by molar-refractivity contribution is 5.99. The topological polar surface area (TPSA) is 91.8 Å². The molecular formula is C13H16N6. The Morgan fingerprint density at radius 2 is 2.00 bits per heavy atom. The summed E-state index contributed by atoms with van der Waals surface area (Å²) >= 11 is 0. The van der Waals surface area contributed by atoms with Crippen molar-refractivity contribution < 1.29 is 0 Å². The van der Waals surface area contributed by atoms with Crippen molar-refractivity contribution in [3.63, 3.8) is 0 Å². The molecule has 0 aliphatic carbocycles. The van der Waals surface area contributed by atoms with Gasteiger partial charge in [0.25, 0.3) is 0 Å². The summed E-state index contributed by atoms with van der Waals surface area (Å²) in [6, 6.07) is 5.61. The van der Waals surface area contributed by atoms with Crippen molar-refractivity contribution in [3.8, 4) is 0 Å². The van der Waals surface area contributed by atoms with E-state index in [1.165, 1.54) is 0 Å². The van der Waals surface area contributed by atoms with Crippen LogP contribution in [-0.2, 0) is 6.54 Å². The third kappa shape index (κ3) is 3.04. The summed E-state index contributed by atoms with van der Waals surface area (Å²) in [5.41, 5.74) is 7.30. The fourth-order valence-corrected chi connectivity index (χ4v) is 1.81. The lowest BCUT2D eigenvalue weighted by molar-refractivity contribution is 0.793. The SMILES string of the molecule is CCN(Cc1ccncc1)c1nnccc1C(=N)N. The minimum absolute atomic E-state index is 0.00178. The van der Waals surface area contributed by atoms with E-state index < -0.39 is 0 Å². The third-order valence-corrected chi connectivity index (χ3v) is 2.80. The Morgan fingerprint density at radius 3 is 2.63 bits per heavy atom. The van der Waals surface area contributed by atoms with Gasteiger partial charge in [0.05, 0.1) is 11.8 Å². The molecule has 0 saturated heterocycles. The number of amidine groups is 1. The molecule has 0 bridgehead atoms. The van der Waals surface area contributed by atoms with E-state index in [0.717, 1.165) is 12.1 Å². The summed E-state index contributed by atoms with van der Waals surface area (Å²) in [5.74, 6) is 0.632. The normalized spacial score (nSPS) is 10.2. The summed E-state index contributed by atoms with van der Waals surface area (Å²) < 4.78 is 0. The number of nitrogens with zero attached hydrogens (tertiary/aromatic N) is 4. The van der Waals surface area contributed by atoms with Gasteiger partial charge in [0, 0.05) is 25.5 Å². The maximum absolute atomic E-state index is 7.60. The smallest absolute Gasteiger partial charge is 0.162 e. The van der Waals surface area contributed by atoms with E-state index >= 15 is 0 Å². The van der Waals surface area contributed by atoms with E-state index in [0.29, 0.717) is 17.9 Å². The Morgan fingerprint density at radius 1 is 1.26 bits per heavy atom. The molecule has 0 saturated carbocycles. The molecule has 0 aromatic carbocycles. The highest BCUT2D eigenvalue weighted by atomic mass is 15.3. The van der Waals surface area contributed by atoms with Crippen LogP contribution < -0.4 is 10.6 Å². The number of aromatic nitrogens is 3. The molecular weight excluding hydrogens is 240 g/mol. The fraction of sp³-hybridized carbons (Fsp3) is 0.231. The van der Waals surface area contributed by atoms with Crippen molar-refractivity contribution in [2.24, 2.45) is 5.73 Å². The molecule has 2 aromatic rings. The van der Waals surface area contributed by atoms with Gasteiger partial charge in [-0.2, -0.15) is 5.10 Å². The zero-order chi connectivity index (χ0) is 13.7. The molecule has 0 fully saturated rings. The molecule has 0 aliphatic rings. The van der Waals surface area contributed by atoms with Gasteiger partial charge in [-0.3, -0.25) is 10.4 Å². The number of nitrogens with two attached hydrogens (primary N) is 1. The first kappa shape index (κ1) is 12.9. The van der Waals surface area contributed by atoms with Crippen LogP contribution in [0.15, 0.2) is 36.8 Å². The Balaban J connectivity index is 2.30. The molecule has 2 aromatic heterocycles. The average molecular weight is 256 g/mol. The monoisotopic (exact) mass is 256 g/mol. The average Bonchev–Trinajstić information content (AvgIpc) is 2.46. The number of nitrogens with one attached hydrogen (secondary N) is 1. The van der Waals surface area contributed by atoms with Crippen molar-refractivity contribution >= 4 is 11.7 Å². The molecule has 2 heterocycles. The maximum Gasteiger partial charge on any atom is 0.162 e. The summed E-state index contributed by atoms with van der Waals surface area (Å²) in [7, 11) is 0. The van der Waals surface area contributed by atoms with Gasteiger partial charge in [-0.25, -0.2) is 0 Å². The van der Waals surface area contributed by atoms with Gasteiger partial charge in [0.2, 0.25) is 0 Å². The number of hydrogen-bond acceptors (Lipinski definition) is 5. The molecule has 98 valence electrons. The van der Waals surface area contributed by atoms with Crippen LogP contribution in [0.2, 0.25) is 0 Å². The van der Waals surface area contributed by atoms with E-state index in [9.17, 15) is 0 Å². The van der Waals surface area contributed by atoms with E-state index in [1.54, 1.807) is 24.7 Å². The predicted octanol–water partition coefficient (Wildman–Crippen LogP) is 1.18. The van der Waals surface area contributed by atoms with Gasteiger partial charge in [0.1, 0.15) is 5.84 Å². The minimum Gasteiger partial charge on any atom is -0.384 e. The third-order valence-electron chi connectivity index (χ3n) is 2.80.